The normalized spacial score (nSPS) is 18.5. The van der Waals surface area contributed by atoms with Crippen molar-refractivity contribution >= 4 is 5.91 Å². The van der Waals surface area contributed by atoms with Crippen molar-refractivity contribution in [2.75, 3.05) is 53.1 Å². The van der Waals surface area contributed by atoms with Crippen LogP contribution in [0.25, 0.3) is 0 Å². The molecule has 122 valence electrons. The van der Waals surface area contributed by atoms with Gasteiger partial charge >= 0.3 is 0 Å². The van der Waals surface area contributed by atoms with Crippen molar-refractivity contribution in [3.05, 3.63) is 30.3 Å². The Morgan fingerprint density at radius 1 is 1.45 bits per heavy atom. The van der Waals surface area contributed by atoms with E-state index < -0.39 is 0 Å². The molecule has 0 aliphatic carbocycles. The van der Waals surface area contributed by atoms with Crippen LogP contribution in [0.4, 0.5) is 0 Å². The van der Waals surface area contributed by atoms with Crippen LogP contribution < -0.4 is 4.74 Å². The summed E-state index contributed by atoms with van der Waals surface area (Å²) in [4.78, 5) is 16.2. The average Bonchev–Trinajstić information content (AvgIpc) is 2.54. The molecule has 6 heteroatoms. The number of benzene rings is 1. The lowest BCUT2D eigenvalue weighted by molar-refractivity contribution is -0.142. The lowest BCUT2D eigenvalue weighted by atomic mass is 10.2. The minimum Gasteiger partial charge on any atom is -0.484 e. The SMILES string of the molecule is CN(CCO)C[C@H]1COCCN1C(=O)COc1ccccc1. The van der Waals surface area contributed by atoms with Gasteiger partial charge < -0.3 is 24.4 Å². The maximum Gasteiger partial charge on any atom is 0.260 e. The van der Waals surface area contributed by atoms with Crippen molar-refractivity contribution in [2.24, 2.45) is 0 Å². The highest BCUT2D eigenvalue weighted by Crippen LogP contribution is 2.12. The number of morpholine rings is 1. The molecule has 6 nitrogen and oxygen atoms in total. The van der Waals surface area contributed by atoms with E-state index in [1.54, 1.807) is 0 Å². The average molecular weight is 308 g/mol. The fraction of sp³-hybridized carbons (Fsp3) is 0.562. The summed E-state index contributed by atoms with van der Waals surface area (Å²) < 4.78 is 11.0. The molecule has 1 heterocycles. The summed E-state index contributed by atoms with van der Waals surface area (Å²) >= 11 is 0. The van der Waals surface area contributed by atoms with Crippen molar-refractivity contribution < 1.29 is 19.4 Å². The van der Waals surface area contributed by atoms with Gasteiger partial charge in [-0.3, -0.25) is 4.79 Å². The van der Waals surface area contributed by atoms with Crippen molar-refractivity contribution in [2.45, 2.75) is 6.04 Å². The van der Waals surface area contributed by atoms with Gasteiger partial charge in [-0.25, -0.2) is 0 Å². The van der Waals surface area contributed by atoms with E-state index in [-0.39, 0.29) is 25.2 Å². The molecule has 0 spiro atoms. The first-order valence-corrected chi connectivity index (χ1v) is 7.55. The van der Waals surface area contributed by atoms with Crippen LogP contribution in [0.15, 0.2) is 30.3 Å². The number of amides is 1. The van der Waals surface area contributed by atoms with Crippen molar-refractivity contribution in [1.82, 2.24) is 9.80 Å². The van der Waals surface area contributed by atoms with Crippen LogP contribution in [0.5, 0.6) is 5.75 Å². The second kappa shape index (κ2) is 8.73. The number of para-hydroxylation sites is 1. The Morgan fingerprint density at radius 3 is 2.95 bits per heavy atom. The summed E-state index contributed by atoms with van der Waals surface area (Å²) in [5.41, 5.74) is 0. The molecule has 1 aromatic carbocycles. The number of likely N-dealkylation sites (N-methyl/N-ethyl adjacent to an activating group) is 1. The molecule has 1 amide bonds. The Morgan fingerprint density at radius 2 is 2.23 bits per heavy atom. The van der Waals surface area contributed by atoms with E-state index in [2.05, 4.69) is 0 Å². The molecule has 0 aromatic heterocycles. The van der Waals surface area contributed by atoms with Crippen LogP contribution in [0.2, 0.25) is 0 Å². The van der Waals surface area contributed by atoms with Crippen molar-refractivity contribution in [1.29, 1.82) is 0 Å². The number of rotatable bonds is 7. The van der Waals surface area contributed by atoms with E-state index in [0.717, 1.165) is 0 Å². The molecule has 1 saturated heterocycles. The Kier molecular flexibility index (Phi) is 6.64. The Balaban J connectivity index is 1.87. The van der Waals surface area contributed by atoms with Gasteiger partial charge in [-0.1, -0.05) is 18.2 Å². The first kappa shape index (κ1) is 16.7. The largest absolute Gasteiger partial charge is 0.484 e. The molecule has 22 heavy (non-hydrogen) atoms. The highest BCUT2D eigenvalue weighted by molar-refractivity contribution is 5.78. The van der Waals surface area contributed by atoms with Crippen LogP contribution in [0.1, 0.15) is 0 Å². The van der Waals surface area contributed by atoms with E-state index in [1.807, 2.05) is 47.2 Å². The van der Waals surface area contributed by atoms with E-state index in [4.69, 9.17) is 14.6 Å². The monoisotopic (exact) mass is 308 g/mol. The summed E-state index contributed by atoms with van der Waals surface area (Å²) in [7, 11) is 1.92. The molecular weight excluding hydrogens is 284 g/mol. The number of hydrogen-bond donors (Lipinski definition) is 1. The fourth-order valence-corrected chi connectivity index (χ4v) is 2.50. The summed E-state index contributed by atoms with van der Waals surface area (Å²) in [6.07, 6.45) is 0. The van der Waals surface area contributed by atoms with Crippen LogP contribution >= 0.6 is 0 Å². The van der Waals surface area contributed by atoms with Crippen molar-refractivity contribution in [3.8, 4) is 5.75 Å². The maximum absolute atomic E-state index is 12.4. The van der Waals surface area contributed by atoms with E-state index in [9.17, 15) is 4.79 Å². The second-order valence-corrected chi connectivity index (χ2v) is 5.40. The highest BCUT2D eigenvalue weighted by atomic mass is 16.5. The number of aliphatic hydroxyl groups excluding tert-OH is 1. The fourth-order valence-electron chi connectivity index (χ4n) is 2.50. The molecule has 0 saturated carbocycles. The standard InChI is InChI=1S/C16H24N2O4/c1-17(7-9-19)11-14-12-21-10-8-18(14)16(20)13-22-15-5-3-2-4-6-15/h2-6,14,19H,7-13H2,1H3/t14-/m0/s1. The van der Waals surface area contributed by atoms with Crippen molar-refractivity contribution in [3.63, 3.8) is 0 Å². The minimum atomic E-state index is -0.0328. The lowest BCUT2D eigenvalue weighted by Crippen LogP contribution is -2.54. The molecule has 1 aromatic rings. The first-order chi connectivity index (χ1) is 10.7. The zero-order valence-corrected chi connectivity index (χ0v) is 13.0. The first-order valence-electron chi connectivity index (χ1n) is 7.55. The predicted octanol–water partition coefficient (Wildman–Crippen LogP) is 0.217. The van der Waals surface area contributed by atoms with Gasteiger partial charge in [0.25, 0.3) is 5.91 Å². The number of nitrogens with zero attached hydrogens (tertiary/aromatic N) is 2. The molecule has 2 rings (SSSR count). The van der Waals surface area contributed by atoms with Gasteiger partial charge in [0, 0.05) is 19.6 Å². The van der Waals surface area contributed by atoms with E-state index in [1.165, 1.54) is 0 Å². The predicted molar refractivity (Wildman–Crippen MR) is 82.8 cm³/mol. The number of aliphatic hydroxyl groups is 1. The van der Waals surface area contributed by atoms with Gasteiger partial charge in [0.1, 0.15) is 5.75 Å². The number of carbonyl (C=O) groups excluding carboxylic acids is 1. The number of carbonyl (C=O) groups is 1. The third-order valence-corrected chi connectivity index (χ3v) is 3.66. The summed E-state index contributed by atoms with van der Waals surface area (Å²) in [6, 6.07) is 9.32. The van der Waals surface area contributed by atoms with Crippen LogP contribution in [-0.4, -0.2) is 80.0 Å². The molecule has 1 N–H and O–H groups in total. The molecule has 1 aliphatic heterocycles. The second-order valence-electron chi connectivity index (χ2n) is 5.40. The molecule has 1 atom stereocenters. The quantitative estimate of drug-likeness (QED) is 0.780. The zero-order valence-electron chi connectivity index (χ0n) is 13.0. The molecule has 0 bridgehead atoms. The molecule has 0 unspecified atom stereocenters. The Labute approximate surface area is 131 Å². The summed E-state index contributed by atoms with van der Waals surface area (Å²) in [6.45, 7) is 3.05. The van der Waals surface area contributed by atoms with Gasteiger partial charge in [-0.15, -0.1) is 0 Å². The summed E-state index contributed by atoms with van der Waals surface area (Å²) in [5, 5.41) is 8.98. The zero-order chi connectivity index (χ0) is 15.8. The van der Waals surface area contributed by atoms with E-state index >= 15 is 0 Å². The van der Waals surface area contributed by atoms with Crippen LogP contribution in [-0.2, 0) is 9.53 Å². The lowest BCUT2D eigenvalue weighted by Gasteiger charge is -2.37. The van der Waals surface area contributed by atoms with Gasteiger partial charge in [0.2, 0.25) is 0 Å². The minimum absolute atomic E-state index is 0.00262. The molecular formula is C16H24N2O4. The number of hydrogen-bond acceptors (Lipinski definition) is 5. The highest BCUT2D eigenvalue weighted by Gasteiger charge is 2.28. The third kappa shape index (κ3) is 4.98. The van der Waals surface area contributed by atoms with Crippen LogP contribution in [0, 0.1) is 0 Å². The van der Waals surface area contributed by atoms with Gasteiger partial charge in [-0.2, -0.15) is 0 Å². The molecule has 0 radical (unpaired) electrons. The van der Waals surface area contributed by atoms with E-state index in [0.29, 0.717) is 38.6 Å². The van der Waals surface area contributed by atoms with Crippen LogP contribution in [0.3, 0.4) is 0 Å². The maximum atomic E-state index is 12.4. The smallest absolute Gasteiger partial charge is 0.260 e. The Bertz CT molecular complexity index is 455. The van der Waals surface area contributed by atoms with Gasteiger partial charge in [0.05, 0.1) is 25.9 Å². The Hall–Kier alpha value is -1.63. The third-order valence-electron chi connectivity index (χ3n) is 3.66. The van der Waals surface area contributed by atoms with Gasteiger partial charge in [0.15, 0.2) is 6.61 Å². The van der Waals surface area contributed by atoms with Gasteiger partial charge in [-0.05, 0) is 19.2 Å². The molecule has 1 aliphatic rings. The molecule has 1 fully saturated rings. The summed E-state index contributed by atoms with van der Waals surface area (Å²) in [5.74, 6) is 0.660. The topological polar surface area (TPSA) is 62.2 Å². The number of ether oxygens (including phenoxy) is 2.